The molecule has 0 radical (unpaired) electrons. The third-order valence-corrected chi connectivity index (χ3v) is 8.52. The molecule has 0 spiro atoms. The molecule has 30 heavy (non-hydrogen) atoms. The number of fused-ring (bicyclic) bond motifs is 5. The van der Waals surface area contributed by atoms with Gasteiger partial charge in [-0.2, -0.15) is 0 Å². The molecule has 5 nitrogen and oxygen atoms in total. The lowest BCUT2D eigenvalue weighted by atomic mass is 9.70. The summed E-state index contributed by atoms with van der Waals surface area (Å²) in [6.07, 6.45) is 4.36. The second-order valence-electron chi connectivity index (χ2n) is 10.2. The minimum atomic E-state index is -0.225. The predicted molar refractivity (Wildman–Crippen MR) is 110 cm³/mol. The highest BCUT2D eigenvalue weighted by atomic mass is 19.1. The van der Waals surface area contributed by atoms with Gasteiger partial charge in [0.25, 0.3) is 0 Å². The van der Waals surface area contributed by atoms with Gasteiger partial charge in [0, 0.05) is 37.5 Å². The summed E-state index contributed by atoms with van der Waals surface area (Å²) in [6.45, 7) is 3.51. The van der Waals surface area contributed by atoms with Gasteiger partial charge in [0.1, 0.15) is 5.82 Å². The zero-order chi connectivity index (χ0) is 20.4. The van der Waals surface area contributed by atoms with E-state index in [4.69, 9.17) is 0 Å². The minimum Gasteiger partial charge on any atom is -0.342 e. The van der Waals surface area contributed by atoms with Gasteiger partial charge in [-0.1, -0.05) is 12.1 Å². The smallest absolute Gasteiger partial charge is 0.226 e. The molecule has 1 aromatic rings. The van der Waals surface area contributed by atoms with E-state index < -0.39 is 0 Å². The van der Waals surface area contributed by atoms with Crippen LogP contribution in [0.25, 0.3) is 0 Å². The van der Waals surface area contributed by atoms with Gasteiger partial charge < -0.3 is 15.1 Å². The van der Waals surface area contributed by atoms with Crippen molar-refractivity contribution in [3.8, 4) is 0 Å². The van der Waals surface area contributed by atoms with Gasteiger partial charge in [0.15, 0.2) is 0 Å². The Morgan fingerprint density at radius 1 is 1.17 bits per heavy atom. The number of nitrogens with zero attached hydrogens (tertiary/aromatic N) is 2. The van der Waals surface area contributed by atoms with Crippen LogP contribution in [0.1, 0.15) is 31.2 Å². The quantitative estimate of drug-likeness (QED) is 0.829. The number of hydrogen-bond donors (Lipinski definition) is 1. The van der Waals surface area contributed by atoms with Crippen molar-refractivity contribution in [3.63, 3.8) is 0 Å². The second kappa shape index (κ2) is 7.04. The normalized spacial score (nSPS) is 39.5. The number of carbonyl (C=O) groups is 2. The summed E-state index contributed by atoms with van der Waals surface area (Å²) in [7, 11) is 0. The molecule has 5 aliphatic rings. The van der Waals surface area contributed by atoms with E-state index in [0.29, 0.717) is 36.5 Å². The maximum atomic E-state index is 13.8. The molecule has 1 aliphatic carbocycles. The van der Waals surface area contributed by atoms with Gasteiger partial charge in [0.2, 0.25) is 11.8 Å². The molecular weight excluding hydrogens is 381 g/mol. The largest absolute Gasteiger partial charge is 0.342 e. The van der Waals surface area contributed by atoms with E-state index in [1.54, 1.807) is 12.1 Å². The van der Waals surface area contributed by atoms with Gasteiger partial charge >= 0.3 is 0 Å². The van der Waals surface area contributed by atoms with Gasteiger partial charge in [-0.15, -0.1) is 0 Å². The lowest BCUT2D eigenvalue weighted by Crippen LogP contribution is -2.66. The van der Waals surface area contributed by atoms with Crippen LogP contribution in [0, 0.1) is 35.4 Å². The Morgan fingerprint density at radius 2 is 1.97 bits per heavy atom. The van der Waals surface area contributed by atoms with Crippen molar-refractivity contribution in [1.82, 2.24) is 15.1 Å². The average molecular weight is 412 g/mol. The molecule has 6 rings (SSSR count). The molecule has 160 valence electrons. The van der Waals surface area contributed by atoms with Crippen LogP contribution in [-0.2, 0) is 16.0 Å². The number of hydrogen-bond acceptors (Lipinski definition) is 3. The molecule has 4 heterocycles. The fraction of sp³-hybridized carbons (Fsp3) is 0.667. The van der Waals surface area contributed by atoms with Crippen molar-refractivity contribution in [2.45, 2.75) is 44.2 Å². The van der Waals surface area contributed by atoms with Crippen LogP contribution in [0.4, 0.5) is 4.39 Å². The lowest BCUT2D eigenvalue weighted by Gasteiger charge is -2.56. The number of benzene rings is 1. The van der Waals surface area contributed by atoms with Crippen molar-refractivity contribution in [2.24, 2.45) is 29.6 Å². The summed E-state index contributed by atoms with van der Waals surface area (Å²) in [5, 5.41) is 3.38. The van der Waals surface area contributed by atoms with Crippen LogP contribution in [0.5, 0.6) is 0 Å². The number of carbonyl (C=O) groups excluding carboxylic acids is 2. The maximum absolute atomic E-state index is 13.8. The van der Waals surface area contributed by atoms with E-state index in [1.165, 1.54) is 6.07 Å². The van der Waals surface area contributed by atoms with Crippen LogP contribution >= 0.6 is 0 Å². The van der Waals surface area contributed by atoms with Crippen LogP contribution in [0.2, 0.25) is 0 Å². The Bertz CT molecular complexity index is 866. The van der Waals surface area contributed by atoms with Crippen LogP contribution < -0.4 is 5.32 Å². The van der Waals surface area contributed by atoms with E-state index in [0.717, 1.165) is 51.0 Å². The van der Waals surface area contributed by atoms with Crippen molar-refractivity contribution >= 4 is 11.8 Å². The molecule has 2 amide bonds. The highest BCUT2D eigenvalue weighted by Gasteiger charge is 2.59. The summed E-state index contributed by atoms with van der Waals surface area (Å²) in [5.74, 6) is 2.34. The Kier molecular flexibility index (Phi) is 4.41. The highest BCUT2D eigenvalue weighted by Crippen LogP contribution is 2.51. The topological polar surface area (TPSA) is 52.7 Å². The van der Waals surface area contributed by atoms with Crippen molar-refractivity contribution in [1.29, 1.82) is 0 Å². The Morgan fingerprint density at radius 3 is 2.77 bits per heavy atom. The lowest BCUT2D eigenvalue weighted by molar-refractivity contribution is -0.156. The first-order valence-corrected chi connectivity index (χ1v) is 11.7. The Hall–Kier alpha value is -1.95. The van der Waals surface area contributed by atoms with E-state index in [1.807, 2.05) is 6.07 Å². The molecule has 1 N–H and O–H groups in total. The molecule has 0 aromatic heterocycles. The summed E-state index contributed by atoms with van der Waals surface area (Å²) in [6, 6.07) is 7.08. The Labute approximate surface area is 177 Å². The van der Waals surface area contributed by atoms with Crippen molar-refractivity contribution < 1.29 is 14.0 Å². The molecule has 1 saturated carbocycles. The maximum Gasteiger partial charge on any atom is 0.226 e. The number of amides is 2. The van der Waals surface area contributed by atoms with Crippen molar-refractivity contribution in [2.75, 3.05) is 26.2 Å². The summed E-state index contributed by atoms with van der Waals surface area (Å²) in [4.78, 5) is 30.6. The summed E-state index contributed by atoms with van der Waals surface area (Å²) < 4.78 is 13.8. The molecule has 5 fully saturated rings. The third-order valence-electron chi connectivity index (χ3n) is 8.52. The zero-order valence-electron chi connectivity index (χ0n) is 17.3. The number of halogens is 1. The molecule has 4 saturated heterocycles. The zero-order valence-corrected chi connectivity index (χ0v) is 17.3. The molecule has 1 aromatic carbocycles. The van der Waals surface area contributed by atoms with E-state index in [2.05, 4.69) is 15.1 Å². The third kappa shape index (κ3) is 2.98. The number of rotatable bonds is 3. The number of likely N-dealkylation sites (tertiary alicyclic amines) is 1. The summed E-state index contributed by atoms with van der Waals surface area (Å²) >= 11 is 0. The van der Waals surface area contributed by atoms with Crippen LogP contribution in [-0.4, -0.2) is 59.9 Å². The minimum absolute atomic E-state index is 0.0665. The molecule has 2 bridgehead atoms. The molecule has 6 heteroatoms. The molecule has 1 unspecified atom stereocenters. The fourth-order valence-electron chi connectivity index (χ4n) is 7.12. The van der Waals surface area contributed by atoms with Crippen LogP contribution in [0.15, 0.2) is 24.3 Å². The summed E-state index contributed by atoms with van der Waals surface area (Å²) in [5.41, 5.74) is 0.946. The first kappa shape index (κ1) is 18.8. The Balaban J connectivity index is 1.27. The SMILES string of the molecule is O=C(C1[C@H]2CNC[C@@H]12)N1C[C@H]2C[C@@H](C1)[C@H](Cc1cccc(F)c1)N1C(=O)CCC[C@@H]21. The van der Waals surface area contributed by atoms with Gasteiger partial charge in [-0.25, -0.2) is 4.39 Å². The van der Waals surface area contributed by atoms with E-state index in [9.17, 15) is 14.0 Å². The standard InChI is InChI=1S/C24H30FN3O2/c25-17-4-1-3-14(7-17)8-21-16-9-15(20-5-2-6-22(29)28(20)21)12-27(13-16)24(30)23-18-10-26-11-19(18)23/h1,3-4,7,15-16,18-21,23,26H,2,5-6,8-13H2/t15-,16+,18-,19+,20+,21+,23?/m1/s1. The predicted octanol–water partition coefficient (Wildman–Crippen LogP) is 2.06. The monoisotopic (exact) mass is 411 g/mol. The van der Waals surface area contributed by atoms with Gasteiger partial charge in [-0.3, -0.25) is 9.59 Å². The van der Waals surface area contributed by atoms with Crippen LogP contribution in [0.3, 0.4) is 0 Å². The molecular formula is C24H30FN3O2. The van der Waals surface area contributed by atoms with Crippen molar-refractivity contribution in [3.05, 3.63) is 35.6 Å². The average Bonchev–Trinajstić information content (AvgIpc) is 3.21. The first-order valence-electron chi connectivity index (χ1n) is 11.7. The highest BCUT2D eigenvalue weighted by molar-refractivity contribution is 5.83. The molecule has 7 atom stereocenters. The second-order valence-corrected chi connectivity index (χ2v) is 10.2. The van der Waals surface area contributed by atoms with Gasteiger partial charge in [-0.05, 0) is 80.1 Å². The fourth-order valence-corrected chi connectivity index (χ4v) is 7.12. The number of piperidine rings is 4. The number of nitrogens with one attached hydrogen (secondary N) is 1. The first-order chi connectivity index (χ1) is 14.6. The van der Waals surface area contributed by atoms with Gasteiger partial charge in [0.05, 0.1) is 0 Å². The van der Waals surface area contributed by atoms with E-state index in [-0.39, 0.29) is 35.6 Å². The van der Waals surface area contributed by atoms with E-state index >= 15 is 0 Å². The molecule has 4 aliphatic heterocycles.